The van der Waals surface area contributed by atoms with Gasteiger partial charge in [-0.05, 0) is 90.4 Å². The molecule has 1 saturated heterocycles. The Labute approximate surface area is 447 Å². The first kappa shape index (κ1) is 61.5. The molecule has 6 aromatic rings. The predicted molar refractivity (Wildman–Crippen MR) is 278 cm³/mol. The number of piperidine rings is 1. The first-order chi connectivity index (χ1) is 37.3. The minimum absolute atomic E-state index is 0.0234. The lowest BCUT2D eigenvalue weighted by molar-refractivity contribution is -0.193. The van der Waals surface area contributed by atoms with E-state index in [0.29, 0.717) is 60.0 Å². The molecular formula is C55H57F7N6O11. The minimum atomic E-state index is -5.08. The number of aromatic nitrogens is 1. The molecule has 0 spiro atoms. The van der Waals surface area contributed by atoms with Crippen molar-refractivity contribution < 1.29 is 79.9 Å². The van der Waals surface area contributed by atoms with Crippen molar-refractivity contribution in [3.63, 3.8) is 0 Å². The second-order valence-electron chi connectivity index (χ2n) is 18.2. The largest absolute Gasteiger partial charge is 0.506 e. The van der Waals surface area contributed by atoms with E-state index in [2.05, 4.69) is 25.8 Å². The van der Waals surface area contributed by atoms with Crippen LogP contribution in [0.4, 0.5) is 46.9 Å². The number of hydrogen-bond acceptors (Lipinski definition) is 11. The summed E-state index contributed by atoms with van der Waals surface area (Å²) in [7, 11) is 1.75. The summed E-state index contributed by atoms with van der Waals surface area (Å²) < 4.78 is 84.1. The number of amides is 3. The zero-order valence-electron chi connectivity index (χ0n) is 42.5. The number of pyridine rings is 1. The van der Waals surface area contributed by atoms with Crippen molar-refractivity contribution in [2.45, 2.75) is 76.2 Å². The van der Waals surface area contributed by atoms with Crippen LogP contribution < -0.4 is 26.4 Å². The van der Waals surface area contributed by atoms with Gasteiger partial charge in [0.05, 0.1) is 23.7 Å². The molecule has 1 aromatic heterocycles. The molecule has 1 fully saturated rings. The molecule has 8 N–H and O–H groups in total. The summed E-state index contributed by atoms with van der Waals surface area (Å²) in [5, 5.41) is 44.9. The third kappa shape index (κ3) is 19.3. The standard InChI is InChI=1S/C51H55FN6O7.2C2HF3O2/c1-33(53-32-46(60)41-17-20-45(59)50-42(41)18-21-47(61)56-50)28-37-29-35(14-19-43(37)52)30-48(62)54-31-34-12-15-38(16-13-34)57(2)49(63)24-27-58-25-22-39(23-26-58)65-51(64)55-44-11-7-6-10-40(44)36-8-4-3-5-9-36;2*3-2(4,5)1(6)7/h3-21,29,33,39,46,53,59-60H,22-28,30-32H2,1-2H3,(H,54,62)(H,55,64)(H,56,61);2*(H,6,7)/t33?,46-;;/m0../s1. The van der Waals surface area contributed by atoms with Crippen molar-refractivity contribution in [2.75, 3.05) is 43.4 Å². The summed E-state index contributed by atoms with van der Waals surface area (Å²) in [6.07, 6.45) is -9.75. The number of aliphatic hydroxyl groups excluding tert-OH is 1. The summed E-state index contributed by atoms with van der Waals surface area (Å²) in [4.78, 5) is 74.9. The maximum atomic E-state index is 14.9. The summed E-state index contributed by atoms with van der Waals surface area (Å²) in [6, 6.07) is 35.2. The minimum Gasteiger partial charge on any atom is -0.506 e. The van der Waals surface area contributed by atoms with Crippen LogP contribution in [0, 0.1) is 5.82 Å². The van der Waals surface area contributed by atoms with Gasteiger partial charge in [-0.25, -0.2) is 18.8 Å². The number of rotatable bonds is 17. The fourth-order valence-electron chi connectivity index (χ4n) is 8.12. The molecule has 2 heterocycles. The van der Waals surface area contributed by atoms with Crippen molar-refractivity contribution in [3.05, 3.63) is 160 Å². The molecule has 1 aliphatic rings. The Morgan fingerprint density at radius 2 is 1.42 bits per heavy atom. The number of hydrogen-bond donors (Lipinski definition) is 8. The van der Waals surface area contributed by atoms with E-state index < -0.39 is 42.3 Å². The maximum absolute atomic E-state index is 14.9. The molecule has 0 aliphatic carbocycles. The number of likely N-dealkylation sites (tertiary alicyclic amines) is 1. The molecule has 17 nitrogen and oxygen atoms in total. The van der Waals surface area contributed by atoms with Crippen LogP contribution in [0.15, 0.2) is 126 Å². The molecule has 0 bridgehead atoms. The first-order valence-electron chi connectivity index (χ1n) is 24.4. The number of nitrogens with zero attached hydrogens (tertiary/aromatic N) is 2. The van der Waals surface area contributed by atoms with E-state index >= 15 is 0 Å². The molecule has 1 aliphatic heterocycles. The zero-order valence-corrected chi connectivity index (χ0v) is 42.5. The number of fused-ring (bicyclic) bond motifs is 1. The molecule has 422 valence electrons. The lowest BCUT2D eigenvalue weighted by Crippen LogP contribution is -2.40. The van der Waals surface area contributed by atoms with E-state index in [1.807, 2.05) is 85.8 Å². The number of H-pyrrole nitrogens is 1. The quantitative estimate of drug-likeness (QED) is 0.0400. The zero-order chi connectivity index (χ0) is 58.0. The fraction of sp³-hybridized carbons (Fsp3) is 0.309. The number of carbonyl (C=O) groups is 5. The summed E-state index contributed by atoms with van der Waals surface area (Å²) in [5.41, 5.74) is 5.71. The Hall–Kier alpha value is -8.35. The number of aliphatic hydroxyl groups is 1. The van der Waals surface area contributed by atoms with Crippen LogP contribution in [0.1, 0.15) is 54.5 Å². The van der Waals surface area contributed by atoms with Crippen LogP contribution >= 0.6 is 0 Å². The Balaban J connectivity index is 0.000000725. The highest BCUT2D eigenvalue weighted by Gasteiger charge is 2.39. The molecule has 0 radical (unpaired) electrons. The van der Waals surface area contributed by atoms with Crippen molar-refractivity contribution in [3.8, 4) is 16.9 Å². The Bertz CT molecular complexity index is 3070. The average Bonchev–Trinajstić information content (AvgIpc) is 3.41. The Morgan fingerprint density at radius 1 is 0.810 bits per heavy atom. The monoisotopic (exact) mass is 1110 g/mol. The van der Waals surface area contributed by atoms with Crippen LogP contribution in [0.25, 0.3) is 22.0 Å². The summed E-state index contributed by atoms with van der Waals surface area (Å²) >= 11 is 0. The van der Waals surface area contributed by atoms with Gasteiger partial charge in [-0.3, -0.25) is 19.7 Å². The van der Waals surface area contributed by atoms with Gasteiger partial charge in [0.15, 0.2) is 0 Å². The molecule has 5 aromatic carbocycles. The first-order valence-corrected chi connectivity index (χ1v) is 24.4. The second-order valence-corrected chi connectivity index (χ2v) is 18.2. The normalized spacial score (nSPS) is 13.6. The van der Waals surface area contributed by atoms with Gasteiger partial charge in [-0.1, -0.05) is 78.9 Å². The molecule has 3 amide bonds. The number of alkyl halides is 6. The van der Waals surface area contributed by atoms with Crippen LogP contribution in [0.2, 0.25) is 0 Å². The smallest absolute Gasteiger partial charge is 0.490 e. The Kier molecular flexibility index (Phi) is 22.1. The van der Waals surface area contributed by atoms with Gasteiger partial charge < -0.3 is 50.6 Å². The van der Waals surface area contributed by atoms with E-state index in [0.717, 1.165) is 35.5 Å². The van der Waals surface area contributed by atoms with Gasteiger partial charge in [0.25, 0.3) is 0 Å². The number of halogens is 7. The van der Waals surface area contributed by atoms with Crippen molar-refractivity contribution in [2.24, 2.45) is 0 Å². The van der Waals surface area contributed by atoms with Gasteiger partial charge >= 0.3 is 30.4 Å². The van der Waals surface area contributed by atoms with E-state index in [4.69, 9.17) is 24.5 Å². The molecule has 2 atom stereocenters. The lowest BCUT2D eigenvalue weighted by Gasteiger charge is -2.31. The van der Waals surface area contributed by atoms with Gasteiger partial charge in [0, 0.05) is 74.9 Å². The third-order valence-corrected chi connectivity index (χ3v) is 12.3. The molecule has 24 heteroatoms. The number of carbonyl (C=O) groups excluding carboxylic acids is 3. The van der Waals surface area contributed by atoms with E-state index in [-0.39, 0.29) is 60.3 Å². The van der Waals surface area contributed by atoms with E-state index in [1.54, 1.807) is 36.2 Å². The maximum Gasteiger partial charge on any atom is 0.490 e. The molecule has 7 rings (SSSR count). The third-order valence-electron chi connectivity index (χ3n) is 12.3. The number of para-hydroxylation sites is 1. The number of phenols is 1. The molecular weight excluding hydrogens is 1050 g/mol. The van der Waals surface area contributed by atoms with Crippen molar-refractivity contribution in [1.82, 2.24) is 20.5 Å². The summed E-state index contributed by atoms with van der Waals surface area (Å²) in [6.45, 7) is 4.33. The van der Waals surface area contributed by atoms with Crippen LogP contribution in [-0.2, 0) is 43.3 Å². The number of carboxylic acids is 2. The number of carboxylic acid groups (broad SMARTS) is 2. The van der Waals surface area contributed by atoms with Gasteiger partial charge in [0.2, 0.25) is 17.4 Å². The number of nitrogens with one attached hydrogen (secondary N) is 4. The molecule has 79 heavy (non-hydrogen) atoms. The number of benzene rings is 5. The number of anilines is 2. The molecule has 1 unspecified atom stereocenters. The fourth-order valence-corrected chi connectivity index (χ4v) is 8.12. The van der Waals surface area contributed by atoms with Gasteiger partial charge in [-0.2, -0.15) is 26.3 Å². The Morgan fingerprint density at radius 3 is 2.05 bits per heavy atom. The van der Waals surface area contributed by atoms with Gasteiger partial charge in [0.1, 0.15) is 17.7 Å². The number of phenolic OH excluding ortho intramolecular Hbond substituents is 1. The predicted octanol–water partition coefficient (Wildman–Crippen LogP) is 8.49. The van der Waals surface area contributed by atoms with Gasteiger partial charge in [-0.15, -0.1) is 0 Å². The SMILES string of the molecule is CC(Cc1cc(CC(=O)NCc2ccc(N(C)C(=O)CCN3CCC(OC(=O)Nc4ccccc4-c4ccccc4)CC3)cc2)ccc1F)NC[C@H](O)c1ccc(O)c2[nH]c(=O)ccc12.O=C(O)C(F)(F)F.O=C(O)C(F)(F)F. The lowest BCUT2D eigenvalue weighted by atomic mass is 10.0. The number of aromatic hydroxyl groups is 1. The van der Waals surface area contributed by atoms with Crippen LogP contribution in [0.5, 0.6) is 5.75 Å². The molecule has 0 saturated carbocycles. The van der Waals surface area contributed by atoms with Crippen molar-refractivity contribution >= 4 is 52.1 Å². The number of aliphatic carboxylic acids is 2. The number of ether oxygens (including phenoxy) is 1. The second kappa shape index (κ2) is 28.3. The van der Waals surface area contributed by atoms with Crippen molar-refractivity contribution in [1.29, 1.82) is 0 Å². The highest BCUT2D eigenvalue weighted by molar-refractivity contribution is 5.93. The highest BCUT2D eigenvalue weighted by atomic mass is 19.4. The topological polar surface area (TPSA) is 251 Å². The van der Waals surface area contributed by atoms with Crippen LogP contribution in [-0.4, -0.2) is 118 Å². The van der Waals surface area contributed by atoms with E-state index in [1.165, 1.54) is 18.2 Å². The van der Waals surface area contributed by atoms with Crippen LogP contribution in [0.3, 0.4) is 0 Å². The van der Waals surface area contributed by atoms with E-state index in [9.17, 15) is 60.1 Å². The summed E-state index contributed by atoms with van der Waals surface area (Å²) in [5.74, 6) is -6.25. The highest BCUT2D eigenvalue weighted by Crippen LogP contribution is 2.30. The average molecular weight is 1110 g/mol. The number of aromatic amines is 1.